The molecule has 1 aliphatic rings. The molecular formula is C14H20N2O4S. The van der Waals surface area contributed by atoms with Gasteiger partial charge in [-0.3, -0.25) is 0 Å². The van der Waals surface area contributed by atoms with Gasteiger partial charge in [0, 0.05) is 6.54 Å². The topological polar surface area (TPSA) is 86.7 Å². The van der Waals surface area contributed by atoms with E-state index in [4.69, 9.17) is 0 Å². The van der Waals surface area contributed by atoms with Crippen molar-refractivity contribution in [2.24, 2.45) is 5.92 Å². The van der Waals surface area contributed by atoms with Gasteiger partial charge in [-0.2, -0.15) is 0 Å². The third kappa shape index (κ3) is 3.19. The van der Waals surface area contributed by atoms with Gasteiger partial charge in [-0.1, -0.05) is 19.1 Å². The van der Waals surface area contributed by atoms with Crippen LogP contribution in [0.3, 0.4) is 0 Å². The second-order valence-corrected chi connectivity index (χ2v) is 7.21. The van der Waals surface area contributed by atoms with E-state index in [1.54, 1.807) is 23.1 Å². The summed E-state index contributed by atoms with van der Waals surface area (Å²) in [5.41, 5.74) is 0.450. The Kier molecular flexibility index (Phi) is 4.53. The minimum Gasteiger partial charge on any atom is -0.480 e. The molecule has 1 saturated heterocycles. The van der Waals surface area contributed by atoms with Crippen LogP contribution in [-0.4, -0.2) is 39.1 Å². The highest BCUT2D eigenvalue weighted by Crippen LogP contribution is 2.32. The average Bonchev–Trinajstić information content (AvgIpc) is 2.47. The van der Waals surface area contributed by atoms with Gasteiger partial charge >= 0.3 is 5.97 Å². The van der Waals surface area contributed by atoms with Gasteiger partial charge in [0.25, 0.3) is 0 Å². The van der Waals surface area contributed by atoms with Crippen molar-refractivity contribution in [3.63, 3.8) is 0 Å². The van der Waals surface area contributed by atoms with Crippen molar-refractivity contribution in [1.82, 2.24) is 4.72 Å². The molecule has 0 amide bonds. The lowest BCUT2D eigenvalue weighted by atomic mass is 9.92. The first-order valence-corrected chi connectivity index (χ1v) is 8.37. The summed E-state index contributed by atoms with van der Waals surface area (Å²) in [5, 5.41) is 9.43. The fourth-order valence-corrected chi connectivity index (χ4v) is 3.63. The van der Waals surface area contributed by atoms with Gasteiger partial charge in [0.1, 0.15) is 10.9 Å². The molecule has 2 N–H and O–H groups in total. The molecule has 21 heavy (non-hydrogen) atoms. The lowest BCUT2D eigenvalue weighted by molar-refractivity contribution is -0.139. The predicted octanol–water partition coefficient (Wildman–Crippen LogP) is 1.28. The molecule has 1 fully saturated rings. The van der Waals surface area contributed by atoms with Crippen LogP contribution >= 0.6 is 0 Å². The van der Waals surface area contributed by atoms with Crippen LogP contribution in [0.4, 0.5) is 5.69 Å². The van der Waals surface area contributed by atoms with E-state index in [0.29, 0.717) is 24.6 Å². The molecule has 1 aliphatic heterocycles. The predicted molar refractivity (Wildman–Crippen MR) is 79.9 cm³/mol. The molecule has 0 aliphatic carbocycles. The Labute approximate surface area is 124 Å². The molecule has 1 heterocycles. The highest BCUT2D eigenvalue weighted by molar-refractivity contribution is 7.89. The third-order valence-corrected chi connectivity index (χ3v) is 5.34. The number of aliphatic carboxylic acids is 1. The van der Waals surface area contributed by atoms with E-state index in [-0.39, 0.29) is 4.90 Å². The average molecular weight is 312 g/mol. The van der Waals surface area contributed by atoms with E-state index in [1.807, 2.05) is 6.92 Å². The molecule has 116 valence electrons. The lowest BCUT2D eigenvalue weighted by Crippen LogP contribution is -2.47. The van der Waals surface area contributed by atoms with Crippen molar-refractivity contribution in [3.8, 4) is 0 Å². The monoisotopic (exact) mass is 312 g/mol. The van der Waals surface area contributed by atoms with Crippen molar-refractivity contribution in [3.05, 3.63) is 24.3 Å². The minimum absolute atomic E-state index is 0.119. The summed E-state index contributed by atoms with van der Waals surface area (Å²) in [7, 11) is -2.28. The lowest BCUT2D eigenvalue weighted by Gasteiger charge is -2.38. The first-order chi connectivity index (χ1) is 9.86. The number of para-hydroxylation sites is 1. The Balaban J connectivity index is 2.48. The number of carboxylic acid groups (broad SMARTS) is 1. The molecule has 2 atom stereocenters. The highest BCUT2D eigenvalue weighted by Gasteiger charge is 2.34. The molecule has 2 unspecified atom stereocenters. The zero-order valence-corrected chi connectivity index (χ0v) is 12.9. The van der Waals surface area contributed by atoms with Crippen LogP contribution in [0.5, 0.6) is 0 Å². The van der Waals surface area contributed by atoms with Crippen molar-refractivity contribution in [2.45, 2.75) is 30.7 Å². The fourth-order valence-electron chi connectivity index (χ4n) is 2.70. The number of carbonyl (C=O) groups is 1. The first-order valence-electron chi connectivity index (χ1n) is 6.89. The highest BCUT2D eigenvalue weighted by atomic mass is 32.2. The summed E-state index contributed by atoms with van der Waals surface area (Å²) in [6.45, 7) is 2.55. The SMILES string of the molecule is CNS(=O)(=O)c1ccccc1N1CCC(C)CC1C(=O)O. The van der Waals surface area contributed by atoms with E-state index in [1.165, 1.54) is 13.1 Å². The van der Waals surface area contributed by atoms with Gasteiger partial charge in [0.15, 0.2) is 0 Å². The van der Waals surface area contributed by atoms with Gasteiger partial charge in [-0.25, -0.2) is 17.9 Å². The van der Waals surface area contributed by atoms with Crippen LogP contribution in [0.15, 0.2) is 29.2 Å². The largest absolute Gasteiger partial charge is 0.480 e. The Hall–Kier alpha value is -1.60. The molecule has 0 saturated carbocycles. The number of carboxylic acids is 1. The second kappa shape index (κ2) is 6.03. The van der Waals surface area contributed by atoms with Crippen molar-refractivity contribution < 1.29 is 18.3 Å². The number of hydrogen-bond donors (Lipinski definition) is 2. The summed E-state index contributed by atoms with van der Waals surface area (Å²) >= 11 is 0. The number of hydrogen-bond acceptors (Lipinski definition) is 4. The standard InChI is InChI=1S/C14H20N2O4S/c1-10-7-8-16(12(9-10)14(17)18)11-5-3-4-6-13(11)21(19,20)15-2/h3-6,10,12,15H,7-9H2,1-2H3,(H,17,18). The number of nitrogens with zero attached hydrogens (tertiary/aromatic N) is 1. The maximum atomic E-state index is 12.1. The Morgan fingerprint density at radius 2 is 2.05 bits per heavy atom. The fraction of sp³-hybridized carbons (Fsp3) is 0.500. The van der Waals surface area contributed by atoms with Crippen molar-refractivity contribution >= 4 is 21.7 Å². The van der Waals surface area contributed by atoms with E-state index in [2.05, 4.69) is 4.72 Å². The Morgan fingerprint density at radius 1 is 1.38 bits per heavy atom. The van der Waals surface area contributed by atoms with Crippen LogP contribution in [0, 0.1) is 5.92 Å². The molecule has 2 rings (SSSR count). The van der Waals surface area contributed by atoms with E-state index in [0.717, 1.165) is 6.42 Å². The minimum atomic E-state index is -3.63. The zero-order chi connectivity index (χ0) is 15.6. The molecule has 1 aromatic carbocycles. The van der Waals surface area contributed by atoms with Gasteiger partial charge < -0.3 is 10.0 Å². The summed E-state index contributed by atoms with van der Waals surface area (Å²) in [6.07, 6.45) is 1.36. The maximum absolute atomic E-state index is 12.1. The van der Waals surface area contributed by atoms with Crippen LogP contribution in [0.2, 0.25) is 0 Å². The second-order valence-electron chi connectivity index (χ2n) is 5.35. The number of nitrogens with one attached hydrogen (secondary N) is 1. The normalized spacial score (nSPS) is 23.0. The molecule has 0 spiro atoms. The quantitative estimate of drug-likeness (QED) is 0.874. The Morgan fingerprint density at radius 3 is 2.67 bits per heavy atom. The van der Waals surface area contributed by atoms with E-state index >= 15 is 0 Å². The summed E-state index contributed by atoms with van der Waals surface area (Å²) in [6, 6.07) is 5.83. The van der Waals surface area contributed by atoms with E-state index in [9.17, 15) is 18.3 Å². The van der Waals surface area contributed by atoms with Gasteiger partial charge in [0.2, 0.25) is 10.0 Å². The molecule has 6 nitrogen and oxygen atoms in total. The molecule has 1 aromatic rings. The first kappa shape index (κ1) is 15.8. The maximum Gasteiger partial charge on any atom is 0.326 e. The number of sulfonamides is 1. The van der Waals surface area contributed by atoms with Crippen LogP contribution in [0.1, 0.15) is 19.8 Å². The zero-order valence-electron chi connectivity index (χ0n) is 12.1. The number of benzene rings is 1. The number of anilines is 1. The van der Waals surface area contributed by atoms with E-state index < -0.39 is 22.0 Å². The molecule has 0 radical (unpaired) electrons. The molecule has 0 aromatic heterocycles. The van der Waals surface area contributed by atoms with Gasteiger partial charge in [0.05, 0.1) is 5.69 Å². The van der Waals surface area contributed by atoms with Crippen molar-refractivity contribution in [1.29, 1.82) is 0 Å². The molecule has 0 bridgehead atoms. The third-order valence-electron chi connectivity index (χ3n) is 3.88. The Bertz CT molecular complexity index is 630. The summed E-state index contributed by atoms with van der Waals surface area (Å²) < 4.78 is 26.5. The van der Waals surface area contributed by atoms with Crippen LogP contribution in [-0.2, 0) is 14.8 Å². The summed E-state index contributed by atoms with van der Waals surface area (Å²) in [4.78, 5) is 13.3. The van der Waals surface area contributed by atoms with Crippen molar-refractivity contribution in [2.75, 3.05) is 18.5 Å². The summed E-state index contributed by atoms with van der Waals surface area (Å²) in [5.74, 6) is -0.603. The number of rotatable bonds is 4. The number of piperidine rings is 1. The van der Waals surface area contributed by atoms with Crippen LogP contribution in [0.25, 0.3) is 0 Å². The van der Waals surface area contributed by atoms with Crippen LogP contribution < -0.4 is 9.62 Å². The smallest absolute Gasteiger partial charge is 0.326 e. The van der Waals surface area contributed by atoms with Gasteiger partial charge in [-0.15, -0.1) is 0 Å². The van der Waals surface area contributed by atoms with Gasteiger partial charge in [-0.05, 0) is 37.9 Å². The molecular weight excluding hydrogens is 292 g/mol. The molecule has 7 heteroatoms.